The number of allylic oxidation sites excluding steroid dienone is 1. The Kier molecular flexibility index (Phi) is 11.5. The lowest BCUT2D eigenvalue weighted by molar-refractivity contribution is 0.369. The Morgan fingerprint density at radius 3 is 2.05 bits per heavy atom. The molecule has 2 saturated heterocycles. The lowest BCUT2D eigenvalue weighted by Gasteiger charge is -2.26. The zero-order chi connectivity index (χ0) is 27.3. The highest BCUT2D eigenvalue weighted by atomic mass is 32.1. The minimum atomic E-state index is 0.166. The summed E-state index contributed by atoms with van der Waals surface area (Å²) in [5, 5.41) is 12.6. The molecule has 38 heavy (non-hydrogen) atoms. The van der Waals surface area contributed by atoms with Crippen LogP contribution < -0.4 is 30.3 Å². The predicted molar refractivity (Wildman–Crippen MR) is 159 cm³/mol. The van der Waals surface area contributed by atoms with E-state index < -0.39 is 0 Å². The van der Waals surface area contributed by atoms with Crippen LogP contribution >= 0.6 is 12.2 Å². The topological polar surface area (TPSA) is 90.0 Å². The molecule has 2 aromatic rings. The van der Waals surface area contributed by atoms with E-state index in [1.165, 1.54) is 12.1 Å². The van der Waals surface area contributed by atoms with Crippen LogP contribution in [0.15, 0.2) is 59.8 Å². The number of hydrogen-bond acceptors (Lipinski definition) is 8. The molecule has 2 aromatic carbocycles. The van der Waals surface area contributed by atoms with Gasteiger partial charge < -0.3 is 35.2 Å². The van der Waals surface area contributed by atoms with Crippen LogP contribution in [0.5, 0.6) is 11.5 Å². The van der Waals surface area contributed by atoms with Crippen LogP contribution in [0.2, 0.25) is 0 Å². The molecule has 0 bridgehead atoms. The smallest absolute Gasteiger partial charge is 0.120 e. The van der Waals surface area contributed by atoms with Gasteiger partial charge in [-0.15, -0.1) is 0 Å². The fourth-order valence-corrected chi connectivity index (χ4v) is 4.90. The van der Waals surface area contributed by atoms with Crippen molar-refractivity contribution in [2.45, 2.75) is 19.8 Å². The molecule has 0 radical (unpaired) electrons. The normalized spacial score (nSPS) is 16.6. The summed E-state index contributed by atoms with van der Waals surface area (Å²) in [6.45, 7) is 9.87. The minimum absolute atomic E-state index is 0.166. The third-order valence-corrected chi connectivity index (χ3v) is 7.07. The van der Waals surface area contributed by atoms with E-state index in [4.69, 9.17) is 27.4 Å². The van der Waals surface area contributed by atoms with E-state index in [9.17, 15) is 5.26 Å². The maximum absolute atomic E-state index is 9.23. The van der Waals surface area contributed by atoms with Gasteiger partial charge in [-0.25, -0.2) is 0 Å². The lowest BCUT2D eigenvalue weighted by atomic mass is 10.2. The molecule has 0 aliphatic carbocycles. The van der Waals surface area contributed by atoms with E-state index in [1.807, 2.05) is 37.3 Å². The molecule has 2 heterocycles. The van der Waals surface area contributed by atoms with Gasteiger partial charge in [-0.05, 0) is 50.6 Å². The summed E-state index contributed by atoms with van der Waals surface area (Å²) in [5.74, 6) is 1.80. The summed E-state index contributed by atoms with van der Waals surface area (Å²) in [6.07, 6.45) is 2.21. The van der Waals surface area contributed by atoms with Gasteiger partial charge in [0.15, 0.2) is 0 Å². The number of anilines is 2. The summed E-state index contributed by atoms with van der Waals surface area (Å²) < 4.78 is 10.5. The van der Waals surface area contributed by atoms with Crippen molar-refractivity contribution in [2.75, 3.05) is 76.4 Å². The van der Waals surface area contributed by atoms with Crippen molar-refractivity contribution in [3.05, 3.63) is 59.8 Å². The van der Waals surface area contributed by atoms with Gasteiger partial charge in [0.2, 0.25) is 0 Å². The van der Waals surface area contributed by atoms with Crippen LogP contribution in [-0.2, 0) is 0 Å². The molecule has 0 amide bonds. The molecule has 9 heteroatoms. The quantitative estimate of drug-likeness (QED) is 0.325. The number of nitriles is 1. The van der Waals surface area contributed by atoms with Gasteiger partial charge in [-0.2, -0.15) is 5.26 Å². The number of hydrogen-bond donors (Lipinski definition) is 2. The largest absolute Gasteiger partial charge is 0.497 e. The minimum Gasteiger partial charge on any atom is -0.497 e. The molecule has 0 atom stereocenters. The van der Waals surface area contributed by atoms with Crippen LogP contribution in [0.3, 0.4) is 0 Å². The van der Waals surface area contributed by atoms with E-state index in [1.54, 1.807) is 14.2 Å². The molecular weight excluding hydrogens is 496 g/mol. The van der Waals surface area contributed by atoms with Crippen molar-refractivity contribution in [2.24, 2.45) is 5.73 Å². The lowest BCUT2D eigenvalue weighted by Crippen LogP contribution is -2.31. The van der Waals surface area contributed by atoms with Gasteiger partial charge in [-0.1, -0.05) is 24.4 Å². The Balaban J connectivity index is 0.000000230. The first-order valence-electron chi connectivity index (χ1n) is 13.1. The van der Waals surface area contributed by atoms with E-state index >= 15 is 0 Å². The van der Waals surface area contributed by atoms with E-state index in [0.717, 1.165) is 81.7 Å². The van der Waals surface area contributed by atoms with Crippen molar-refractivity contribution >= 4 is 28.6 Å². The molecule has 0 spiro atoms. The maximum atomic E-state index is 9.23. The van der Waals surface area contributed by atoms with Gasteiger partial charge >= 0.3 is 0 Å². The summed E-state index contributed by atoms with van der Waals surface area (Å²) in [7, 11) is 3.39. The fourth-order valence-electron chi connectivity index (χ4n) is 4.70. The third kappa shape index (κ3) is 8.27. The van der Waals surface area contributed by atoms with Crippen LogP contribution in [-0.4, -0.2) is 76.5 Å². The number of nitrogens with two attached hydrogens (primary N) is 1. The Morgan fingerprint density at radius 1 is 0.868 bits per heavy atom. The average Bonchev–Trinajstić information content (AvgIpc) is 3.37. The average molecular weight is 537 g/mol. The van der Waals surface area contributed by atoms with Crippen molar-refractivity contribution in [3.8, 4) is 17.6 Å². The fraction of sp³-hybridized carbons (Fsp3) is 0.448. The number of nitrogens with one attached hydrogen (secondary N) is 1. The third-order valence-electron chi connectivity index (χ3n) is 6.87. The highest BCUT2D eigenvalue weighted by molar-refractivity contribution is 7.80. The number of nitrogens with zero attached hydrogens (tertiary/aromatic N) is 4. The summed E-state index contributed by atoms with van der Waals surface area (Å²) in [6, 6.07) is 18.5. The Hall–Kier alpha value is -3.48. The monoisotopic (exact) mass is 536 g/mol. The second-order valence-corrected chi connectivity index (χ2v) is 9.70. The molecular formula is C29H40N6O2S. The SMILES string of the molecule is COc1cccc(N2CCCN(/C(C)=C(/C#N)C(N)=S)CC2)c1.COc1cccc(N2CCCNCC2)c1. The van der Waals surface area contributed by atoms with Crippen molar-refractivity contribution in [1.29, 1.82) is 5.26 Å². The number of ether oxygens (including phenoxy) is 2. The molecule has 0 aromatic heterocycles. The number of methoxy groups -OCH3 is 2. The number of rotatable bonds is 6. The van der Waals surface area contributed by atoms with Gasteiger partial charge in [0.05, 0.1) is 14.2 Å². The number of benzene rings is 2. The molecule has 4 rings (SSSR count). The zero-order valence-corrected chi connectivity index (χ0v) is 23.6. The molecule has 3 N–H and O–H groups in total. The van der Waals surface area contributed by atoms with Gasteiger partial charge in [0, 0.05) is 75.0 Å². The van der Waals surface area contributed by atoms with Crippen LogP contribution in [0.25, 0.3) is 0 Å². The molecule has 8 nitrogen and oxygen atoms in total. The highest BCUT2D eigenvalue weighted by Gasteiger charge is 2.18. The predicted octanol–water partition coefficient (Wildman–Crippen LogP) is 3.79. The van der Waals surface area contributed by atoms with Crippen LogP contribution in [0.1, 0.15) is 19.8 Å². The first kappa shape index (κ1) is 29.1. The Bertz CT molecular complexity index is 1120. The van der Waals surface area contributed by atoms with Crippen molar-refractivity contribution < 1.29 is 9.47 Å². The van der Waals surface area contributed by atoms with Gasteiger partial charge in [-0.3, -0.25) is 0 Å². The van der Waals surface area contributed by atoms with Crippen molar-refractivity contribution in [3.63, 3.8) is 0 Å². The highest BCUT2D eigenvalue weighted by Crippen LogP contribution is 2.24. The molecule has 2 fully saturated rings. The standard InChI is InChI=1S/C17H22N4OS.C12H18N2O/c1-13(16(12-18)17(19)23)20-7-4-8-21(10-9-20)14-5-3-6-15(11-14)22-2;1-15-12-5-2-4-11(10-12)14-8-3-6-13-7-9-14/h3,5-6,11H,4,7-10H2,1-2H3,(H2,19,23);2,4-5,10,13H,3,6-9H2,1H3/b16-13-;. The molecule has 2 aliphatic rings. The molecule has 204 valence electrons. The Labute approximate surface area is 232 Å². The second-order valence-electron chi connectivity index (χ2n) is 9.26. The maximum Gasteiger partial charge on any atom is 0.120 e. The van der Waals surface area contributed by atoms with Crippen molar-refractivity contribution in [1.82, 2.24) is 10.2 Å². The summed E-state index contributed by atoms with van der Waals surface area (Å²) in [5.41, 5.74) is 9.34. The van der Waals surface area contributed by atoms with Crippen LogP contribution in [0, 0.1) is 11.3 Å². The molecule has 0 saturated carbocycles. The molecule has 0 unspecified atom stereocenters. The van der Waals surface area contributed by atoms with Gasteiger partial charge in [0.1, 0.15) is 28.1 Å². The van der Waals surface area contributed by atoms with E-state index in [2.05, 4.69) is 44.3 Å². The van der Waals surface area contributed by atoms with E-state index in [0.29, 0.717) is 5.57 Å². The zero-order valence-electron chi connectivity index (χ0n) is 22.8. The van der Waals surface area contributed by atoms with Crippen LogP contribution in [0.4, 0.5) is 11.4 Å². The Morgan fingerprint density at radius 2 is 1.47 bits per heavy atom. The summed E-state index contributed by atoms with van der Waals surface area (Å²) in [4.78, 5) is 7.10. The first-order valence-corrected chi connectivity index (χ1v) is 13.5. The molecule has 2 aliphatic heterocycles. The van der Waals surface area contributed by atoms with Gasteiger partial charge in [0.25, 0.3) is 0 Å². The summed E-state index contributed by atoms with van der Waals surface area (Å²) >= 11 is 4.97. The number of thiocarbonyl (C=S) groups is 1. The first-order chi connectivity index (χ1) is 18.5. The van der Waals surface area contributed by atoms with E-state index in [-0.39, 0.29) is 4.99 Å². The second kappa shape index (κ2) is 15.1.